The van der Waals surface area contributed by atoms with Gasteiger partial charge in [-0.15, -0.1) is 0 Å². The fourth-order valence-electron chi connectivity index (χ4n) is 1.62. The van der Waals surface area contributed by atoms with Crippen LogP contribution < -0.4 is 5.32 Å². The quantitative estimate of drug-likeness (QED) is 0.556. The lowest BCUT2D eigenvalue weighted by Crippen LogP contribution is -2.28. The van der Waals surface area contributed by atoms with Crippen LogP contribution in [-0.2, 0) is 14.3 Å². The maximum atomic E-state index is 11.3. The summed E-state index contributed by atoms with van der Waals surface area (Å²) < 4.78 is 10.8. The predicted octanol–water partition coefficient (Wildman–Crippen LogP) is 2.62. The zero-order valence-corrected chi connectivity index (χ0v) is 13.0. The van der Waals surface area contributed by atoms with E-state index in [0.29, 0.717) is 38.7 Å². The van der Waals surface area contributed by atoms with Gasteiger partial charge in [-0.1, -0.05) is 27.7 Å². The van der Waals surface area contributed by atoms with Crippen molar-refractivity contribution in [3.05, 3.63) is 0 Å². The summed E-state index contributed by atoms with van der Waals surface area (Å²) in [5.74, 6) is 1.25. The summed E-state index contributed by atoms with van der Waals surface area (Å²) in [6.07, 6.45) is 2.91. The minimum absolute atomic E-state index is 0.100. The van der Waals surface area contributed by atoms with E-state index in [0.717, 1.165) is 18.9 Å². The molecule has 0 saturated heterocycles. The first-order valence-electron chi connectivity index (χ1n) is 7.44. The summed E-state index contributed by atoms with van der Waals surface area (Å²) >= 11 is 0. The highest BCUT2D eigenvalue weighted by molar-refractivity contribution is 5.75. The van der Waals surface area contributed by atoms with E-state index < -0.39 is 0 Å². The summed E-state index contributed by atoms with van der Waals surface area (Å²) in [5.41, 5.74) is 0. The molecule has 19 heavy (non-hydrogen) atoms. The van der Waals surface area contributed by atoms with Gasteiger partial charge in [0.05, 0.1) is 19.8 Å². The van der Waals surface area contributed by atoms with Crippen LogP contribution in [0, 0.1) is 11.8 Å². The Balaban J connectivity index is 3.13. The average molecular weight is 273 g/mol. The highest BCUT2D eigenvalue weighted by atomic mass is 16.5. The van der Waals surface area contributed by atoms with Crippen molar-refractivity contribution >= 4 is 5.91 Å². The molecule has 0 bridgehead atoms. The van der Waals surface area contributed by atoms with E-state index in [-0.39, 0.29) is 5.91 Å². The average Bonchev–Trinajstić information content (AvgIpc) is 2.30. The molecular formula is C15H31NO3. The maximum absolute atomic E-state index is 11.3. The van der Waals surface area contributed by atoms with Crippen molar-refractivity contribution in [1.82, 2.24) is 5.32 Å². The van der Waals surface area contributed by atoms with Gasteiger partial charge in [0.15, 0.2) is 0 Å². The fourth-order valence-corrected chi connectivity index (χ4v) is 1.62. The fraction of sp³-hybridized carbons (Fsp3) is 0.933. The van der Waals surface area contributed by atoms with Crippen LogP contribution in [0.2, 0.25) is 0 Å². The third-order valence-electron chi connectivity index (χ3n) is 2.60. The molecule has 0 aliphatic carbocycles. The molecule has 0 atom stereocenters. The Kier molecular flexibility index (Phi) is 12.0. The third kappa shape index (κ3) is 15.3. The summed E-state index contributed by atoms with van der Waals surface area (Å²) in [5, 5.41) is 2.83. The van der Waals surface area contributed by atoms with Gasteiger partial charge >= 0.3 is 0 Å². The second kappa shape index (κ2) is 12.4. The van der Waals surface area contributed by atoms with Crippen molar-refractivity contribution in [2.45, 2.75) is 47.0 Å². The Morgan fingerprint density at radius 1 is 0.947 bits per heavy atom. The number of rotatable bonds is 12. The van der Waals surface area contributed by atoms with Crippen molar-refractivity contribution in [3.63, 3.8) is 0 Å². The minimum atomic E-state index is 0.100. The molecule has 4 nitrogen and oxygen atoms in total. The third-order valence-corrected chi connectivity index (χ3v) is 2.60. The van der Waals surface area contributed by atoms with Crippen LogP contribution in [0.5, 0.6) is 0 Å². The normalized spacial score (nSPS) is 11.3. The molecule has 0 aliphatic heterocycles. The van der Waals surface area contributed by atoms with Gasteiger partial charge in [0.25, 0.3) is 0 Å². The number of hydrogen-bond acceptors (Lipinski definition) is 3. The Labute approximate surface area is 118 Å². The molecule has 0 unspecified atom stereocenters. The molecular weight excluding hydrogens is 242 g/mol. The first-order valence-corrected chi connectivity index (χ1v) is 7.44. The summed E-state index contributed by atoms with van der Waals surface area (Å²) in [7, 11) is 0. The van der Waals surface area contributed by atoms with Gasteiger partial charge in [-0.05, 0) is 24.7 Å². The smallest absolute Gasteiger partial charge is 0.220 e. The first-order chi connectivity index (χ1) is 9.02. The Morgan fingerprint density at radius 2 is 1.58 bits per heavy atom. The molecule has 0 aromatic rings. The van der Waals surface area contributed by atoms with Crippen molar-refractivity contribution in [1.29, 1.82) is 0 Å². The molecule has 0 aromatic carbocycles. The highest BCUT2D eigenvalue weighted by Crippen LogP contribution is 2.02. The van der Waals surface area contributed by atoms with Gasteiger partial charge in [0.1, 0.15) is 0 Å². The Bertz CT molecular complexity index is 217. The van der Waals surface area contributed by atoms with Gasteiger partial charge < -0.3 is 14.8 Å². The van der Waals surface area contributed by atoms with Crippen molar-refractivity contribution in [2.24, 2.45) is 11.8 Å². The lowest BCUT2D eigenvalue weighted by atomic mass is 10.1. The molecule has 1 N–H and O–H groups in total. The minimum Gasteiger partial charge on any atom is -0.379 e. The number of ether oxygens (including phenoxy) is 2. The van der Waals surface area contributed by atoms with E-state index >= 15 is 0 Å². The van der Waals surface area contributed by atoms with Crippen LogP contribution in [0.4, 0.5) is 0 Å². The van der Waals surface area contributed by atoms with Crippen LogP contribution in [0.25, 0.3) is 0 Å². The van der Waals surface area contributed by atoms with E-state index in [1.165, 1.54) is 6.42 Å². The Morgan fingerprint density at radius 3 is 2.16 bits per heavy atom. The SMILES string of the molecule is CC(C)CCCOCCOCCNC(=O)CC(C)C. The summed E-state index contributed by atoms with van der Waals surface area (Å²) in [4.78, 5) is 11.3. The molecule has 4 heteroatoms. The van der Waals surface area contributed by atoms with E-state index in [4.69, 9.17) is 9.47 Å². The van der Waals surface area contributed by atoms with Gasteiger partial charge in [0, 0.05) is 19.6 Å². The summed E-state index contributed by atoms with van der Waals surface area (Å²) in [6, 6.07) is 0. The Hall–Kier alpha value is -0.610. The number of carbonyl (C=O) groups excluding carboxylic acids is 1. The molecule has 1 amide bonds. The van der Waals surface area contributed by atoms with Crippen LogP contribution >= 0.6 is 0 Å². The van der Waals surface area contributed by atoms with E-state index in [9.17, 15) is 4.79 Å². The largest absolute Gasteiger partial charge is 0.379 e. The summed E-state index contributed by atoms with van der Waals surface area (Å²) in [6.45, 7) is 11.7. The molecule has 0 rings (SSSR count). The van der Waals surface area contributed by atoms with Gasteiger partial charge in [-0.3, -0.25) is 4.79 Å². The molecule has 0 heterocycles. The molecule has 0 spiro atoms. The van der Waals surface area contributed by atoms with Gasteiger partial charge in [-0.2, -0.15) is 0 Å². The second-order valence-electron chi connectivity index (χ2n) is 5.71. The van der Waals surface area contributed by atoms with Crippen LogP contribution in [-0.4, -0.2) is 38.9 Å². The van der Waals surface area contributed by atoms with E-state index in [1.807, 2.05) is 13.8 Å². The lowest BCUT2D eigenvalue weighted by Gasteiger charge is -2.08. The molecule has 114 valence electrons. The first kappa shape index (κ1) is 18.4. The zero-order chi connectivity index (χ0) is 14.5. The van der Waals surface area contributed by atoms with Crippen molar-refractivity contribution in [2.75, 3.05) is 33.0 Å². The molecule has 0 saturated carbocycles. The predicted molar refractivity (Wildman–Crippen MR) is 78.2 cm³/mol. The second-order valence-corrected chi connectivity index (χ2v) is 5.71. The van der Waals surface area contributed by atoms with Crippen molar-refractivity contribution in [3.8, 4) is 0 Å². The van der Waals surface area contributed by atoms with Crippen molar-refractivity contribution < 1.29 is 14.3 Å². The van der Waals surface area contributed by atoms with Crippen LogP contribution in [0.3, 0.4) is 0 Å². The van der Waals surface area contributed by atoms with Gasteiger partial charge in [-0.25, -0.2) is 0 Å². The lowest BCUT2D eigenvalue weighted by molar-refractivity contribution is -0.122. The molecule has 0 aromatic heterocycles. The van der Waals surface area contributed by atoms with Gasteiger partial charge in [0.2, 0.25) is 5.91 Å². The number of hydrogen-bond donors (Lipinski definition) is 1. The van der Waals surface area contributed by atoms with E-state index in [1.54, 1.807) is 0 Å². The van der Waals surface area contributed by atoms with Crippen LogP contribution in [0.1, 0.15) is 47.0 Å². The molecule has 0 radical (unpaired) electrons. The maximum Gasteiger partial charge on any atom is 0.220 e. The number of nitrogens with one attached hydrogen (secondary N) is 1. The zero-order valence-electron chi connectivity index (χ0n) is 13.0. The van der Waals surface area contributed by atoms with E-state index in [2.05, 4.69) is 19.2 Å². The molecule has 0 fully saturated rings. The van der Waals surface area contributed by atoms with Crippen LogP contribution in [0.15, 0.2) is 0 Å². The molecule has 0 aliphatic rings. The number of carbonyl (C=O) groups is 1. The monoisotopic (exact) mass is 273 g/mol. The highest BCUT2D eigenvalue weighted by Gasteiger charge is 2.03. The number of amides is 1. The topological polar surface area (TPSA) is 47.6 Å². The standard InChI is InChI=1S/C15H31NO3/c1-13(2)6-5-8-18-10-11-19-9-7-16-15(17)12-14(3)4/h13-14H,5-12H2,1-4H3,(H,16,17).